The zero-order valence-electron chi connectivity index (χ0n) is 21.0. The van der Waals surface area contributed by atoms with Gasteiger partial charge in [0.05, 0.1) is 29.1 Å². The number of hydrogen-bond donors (Lipinski definition) is 1. The molecule has 4 unspecified atom stereocenters. The third-order valence-corrected chi connectivity index (χ3v) is 9.29. The van der Waals surface area contributed by atoms with Crippen molar-refractivity contribution in [2.45, 2.75) is 25.7 Å². The SMILES string of the molecule is COc1cccc(O)c1C1C2=CCC3C(=O)N(c4ccc(C)c(Cl)c4)C(=O)C3C2CC2=C1C(=O)C=C(Br)C2=O. The summed E-state index contributed by atoms with van der Waals surface area (Å²) in [6.45, 7) is 1.84. The van der Waals surface area contributed by atoms with Crippen molar-refractivity contribution >= 4 is 56.6 Å². The normalized spacial score (nSPS) is 26.2. The van der Waals surface area contributed by atoms with E-state index in [1.807, 2.05) is 13.0 Å². The number of benzene rings is 2. The summed E-state index contributed by atoms with van der Waals surface area (Å²) < 4.78 is 5.71. The van der Waals surface area contributed by atoms with Gasteiger partial charge in [0.2, 0.25) is 11.8 Å². The molecule has 0 bridgehead atoms. The molecule has 0 radical (unpaired) electrons. The smallest absolute Gasteiger partial charge is 0.238 e. The molecular weight excluding hydrogens is 586 g/mol. The molecule has 0 aromatic heterocycles. The zero-order valence-corrected chi connectivity index (χ0v) is 23.4. The number of ether oxygens (including phenoxy) is 1. The number of allylic oxidation sites excluding steroid dienone is 6. The summed E-state index contributed by atoms with van der Waals surface area (Å²) in [5.74, 6) is -3.80. The maximum atomic E-state index is 14.0. The van der Waals surface area contributed by atoms with Gasteiger partial charge < -0.3 is 9.84 Å². The second-order valence-corrected chi connectivity index (χ2v) is 11.5. The summed E-state index contributed by atoms with van der Waals surface area (Å²) in [5.41, 5.74) is 2.86. The molecule has 4 atom stereocenters. The lowest BCUT2D eigenvalue weighted by Gasteiger charge is -2.42. The third kappa shape index (κ3) is 3.76. The van der Waals surface area contributed by atoms with Gasteiger partial charge in [-0.25, -0.2) is 4.90 Å². The molecule has 0 saturated carbocycles. The lowest BCUT2D eigenvalue weighted by atomic mass is 9.59. The van der Waals surface area contributed by atoms with Crippen LogP contribution in [0.3, 0.4) is 0 Å². The molecule has 9 heteroatoms. The molecule has 1 fully saturated rings. The number of halogens is 2. The second kappa shape index (κ2) is 9.31. The molecule has 1 aliphatic heterocycles. The standard InChI is InChI=1S/C30H23BrClNO6/c1-13-6-7-14(10-20(13)32)33-29(37)16-9-8-15-17(24(16)30(33)38)11-18-25(22(35)12-19(31)28(18)36)26(15)27-21(34)4-3-5-23(27)39-2/h3-8,10,12,16-17,24,26,34H,9,11H2,1-2H3. The van der Waals surface area contributed by atoms with Crippen LogP contribution in [0.25, 0.3) is 0 Å². The number of carbonyl (C=O) groups is 4. The molecule has 0 spiro atoms. The van der Waals surface area contributed by atoms with E-state index < -0.39 is 23.7 Å². The monoisotopic (exact) mass is 607 g/mol. The van der Waals surface area contributed by atoms with Crippen molar-refractivity contribution in [2.75, 3.05) is 12.0 Å². The first-order chi connectivity index (χ1) is 18.6. The number of ketones is 2. The summed E-state index contributed by atoms with van der Waals surface area (Å²) in [4.78, 5) is 55.5. The number of aryl methyl sites for hydroxylation is 1. The first kappa shape index (κ1) is 25.8. The number of rotatable bonds is 3. The van der Waals surface area contributed by atoms with E-state index in [0.29, 0.717) is 22.0 Å². The highest BCUT2D eigenvalue weighted by Crippen LogP contribution is 2.57. The largest absolute Gasteiger partial charge is 0.507 e. The van der Waals surface area contributed by atoms with Gasteiger partial charge in [-0.2, -0.15) is 0 Å². The van der Waals surface area contributed by atoms with Crippen molar-refractivity contribution in [1.82, 2.24) is 0 Å². The number of amides is 2. The summed E-state index contributed by atoms with van der Waals surface area (Å²) >= 11 is 9.54. The van der Waals surface area contributed by atoms with Gasteiger partial charge in [-0.3, -0.25) is 19.2 Å². The minimum Gasteiger partial charge on any atom is -0.507 e. The number of Topliss-reactive ketones (excluding diaryl/α,β-unsaturated/α-hetero) is 1. The number of fused-ring (bicyclic) bond motifs is 3. The lowest BCUT2D eigenvalue weighted by molar-refractivity contribution is -0.123. The Morgan fingerprint density at radius 1 is 1.08 bits per heavy atom. The van der Waals surface area contributed by atoms with Crippen molar-refractivity contribution in [1.29, 1.82) is 0 Å². The summed E-state index contributed by atoms with van der Waals surface area (Å²) in [5, 5.41) is 11.4. The average Bonchev–Trinajstić information content (AvgIpc) is 3.17. The number of aromatic hydroxyl groups is 1. The maximum absolute atomic E-state index is 14.0. The van der Waals surface area contributed by atoms with E-state index in [2.05, 4.69) is 15.9 Å². The second-order valence-electron chi connectivity index (χ2n) is 10.2. The average molecular weight is 609 g/mol. The number of anilines is 1. The summed E-state index contributed by atoms with van der Waals surface area (Å²) in [6.07, 6.45) is 3.56. The van der Waals surface area contributed by atoms with E-state index in [1.165, 1.54) is 24.2 Å². The van der Waals surface area contributed by atoms with Crippen LogP contribution in [0.1, 0.15) is 29.9 Å². The van der Waals surface area contributed by atoms with E-state index in [9.17, 15) is 24.3 Å². The van der Waals surface area contributed by atoms with Gasteiger partial charge >= 0.3 is 0 Å². The first-order valence-corrected chi connectivity index (χ1v) is 13.7. The third-order valence-electron chi connectivity index (χ3n) is 8.30. The van der Waals surface area contributed by atoms with Gasteiger partial charge in [-0.15, -0.1) is 0 Å². The molecule has 3 aliphatic carbocycles. The minimum atomic E-state index is -0.810. The summed E-state index contributed by atoms with van der Waals surface area (Å²) in [6, 6.07) is 9.89. The fourth-order valence-corrected chi connectivity index (χ4v) is 7.14. The van der Waals surface area contributed by atoms with E-state index >= 15 is 0 Å². The zero-order chi connectivity index (χ0) is 27.7. The number of phenolic OH excluding ortho intramolecular Hbond substituents is 1. The van der Waals surface area contributed by atoms with Crippen LogP contribution in [0.15, 0.2) is 69.8 Å². The maximum Gasteiger partial charge on any atom is 0.238 e. The highest BCUT2D eigenvalue weighted by atomic mass is 79.9. The first-order valence-electron chi connectivity index (χ1n) is 12.5. The van der Waals surface area contributed by atoms with Crippen LogP contribution in [0.4, 0.5) is 5.69 Å². The lowest BCUT2D eigenvalue weighted by Crippen LogP contribution is -2.39. The van der Waals surface area contributed by atoms with Gasteiger partial charge in [0.15, 0.2) is 11.6 Å². The van der Waals surface area contributed by atoms with Gasteiger partial charge in [0, 0.05) is 33.7 Å². The number of hydrogen-bond acceptors (Lipinski definition) is 6. The Morgan fingerprint density at radius 3 is 2.56 bits per heavy atom. The van der Waals surface area contributed by atoms with Crippen molar-refractivity contribution < 1.29 is 29.0 Å². The van der Waals surface area contributed by atoms with E-state index in [4.69, 9.17) is 16.3 Å². The number of carbonyl (C=O) groups excluding carboxylic acids is 4. The van der Waals surface area contributed by atoms with Gasteiger partial charge in [0.25, 0.3) is 0 Å². The molecule has 1 heterocycles. The number of methoxy groups -OCH3 is 1. The molecule has 2 amide bonds. The molecule has 198 valence electrons. The van der Waals surface area contributed by atoms with Crippen molar-refractivity contribution in [3.05, 3.63) is 85.9 Å². The Kier molecular flexibility index (Phi) is 6.15. The fraction of sp³-hybridized carbons (Fsp3) is 0.267. The molecule has 6 rings (SSSR count). The number of phenols is 1. The Balaban J connectivity index is 1.52. The van der Waals surface area contributed by atoms with Crippen molar-refractivity contribution in [3.63, 3.8) is 0 Å². The Morgan fingerprint density at radius 2 is 1.85 bits per heavy atom. The Hall–Kier alpha value is -3.49. The minimum absolute atomic E-state index is 0.0894. The number of nitrogens with zero attached hydrogens (tertiary/aromatic N) is 1. The van der Waals surface area contributed by atoms with Crippen LogP contribution in [0.2, 0.25) is 5.02 Å². The molecule has 1 saturated heterocycles. The quantitative estimate of drug-likeness (QED) is 0.287. The van der Waals surface area contributed by atoms with E-state index in [-0.39, 0.29) is 57.6 Å². The van der Waals surface area contributed by atoms with E-state index in [1.54, 1.807) is 30.3 Å². The number of imide groups is 1. The predicted octanol–water partition coefficient (Wildman–Crippen LogP) is 5.33. The van der Waals surface area contributed by atoms with Crippen LogP contribution in [0.5, 0.6) is 11.5 Å². The highest BCUT2D eigenvalue weighted by molar-refractivity contribution is 9.12. The van der Waals surface area contributed by atoms with Crippen LogP contribution in [-0.2, 0) is 19.2 Å². The van der Waals surface area contributed by atoms with Gasteiger partial charge in [-0.05, 0) is 71.4 Å². The predicted molar refractivity (Wildman–Crippen MR) is 148 cm³/mol. The van der Waals surface area contributed by atoms with Crippen molar-refractivity contribution in [2.24, 2.45) is 17.8 Å². The molecule has 39 heavy (non-hydrogen) atoms. The van der Waals surface area contributed by atoms with Gasteiger partial charge in [0.1, 0.15) is 11.5 Å². The Labute approximate surface area is 237 Å². The topological polar surface area (TPSA) is 101 Å². The van der Waals surface area contributed by atoms with Crippen LogP contribution >= 0.6 is 27.5 Å². The molecule has 4 aliphatic rings. The van der Waals surface area contributed by atoms with E-state index in [0.717, 1.165) is 11.1 Å². The highest BCUT2D eigenvalue weighted by Gasteiger charge is 2.57. The van der Waals surface area contributed by atoms with Crippen LogP contribution < -0.4 is 9.64 Å². The molecule has 2 aromatic carbocycles. The molecule has 7 nitrogen and oxygen atoms in total. The van der Waals surface area contributed by atoms with Crippen LogP contribution in [0, 0.1) is 24.7 Å². The van der Waals surface area contributed by atoms with Crippen molar-refractivity contribution in [3.8, 4) is 11.5 Å². The fourth-order valence-electron chi connectivity index (χ4n) is 6.51. The molecule has 2 aromatic rings. The molecule has 1 N–H and O–H groups in total. The van der Waals surface area contributed by atoms with Gasteiger partial charge in [-0.1, -0.05) is 35.4 Å². The Bertz CT molecular complexity index is 1600. The molecular formula is C30H23BrClNO6. The van der Waals surface area contributed by atoms with Crippen LogP contribution in [-0.4, -0.2) is 35.6 Å². The summed E-state index contributed by atoms with van der Waals surface area (Å²) in [7, 11) is 1.47.